The van der Waals surface area contributed by atoms with E-state index < -0.39 is 12.1 Å². The van der Waals surface area contributed by atoms with E-state index in [2.05, 4.69) is 0 Å². The van der Waals surface area contributed by atoms with Gasteiger partial charge in [0.25, 0.3) is 0 Å². The molecule has 0 saturated heterocycles. The number of benzene rings is 2. The molecule has 1 N–H and O–H groups in total. The molecule has 1 aliphatic rings. The lowest BCUT2D eigenvalue weighted by molar-refractivity contribution is -0.140. The molecule has 0 aliphatic carbocycles. The van der Waals surface area contributed by atoms with Gasteiger partial charge in [-0.3, -0.25) is 0 Å². The topological polar surface area (TPSA) is 55.8 Å². The molecule has 0 amide bonds. The summed E-state index contributed by atoms with van der Waals surface area (Å²) in [5, 5.41) is 10.4. The van der Waals surface area contributed by atoms with E-state index in [1.807, 2.05) is 60.7 Å². The zero-order valence-corrected chi connectivity index (χ0v) is 12.8. The van der Waals surface area contributed by atoms with E-state index in [0.29, 0.717) is 0 Å². The molecule has 118 valence electrons. The maximum Gasteiger partial charge on any atom is 0.340 e. The third-order valence-corrected chi connectivity index (χ3v) is 3.93. The van der Waals surface area contributed by atoms with E-state index in [4.69, 9.17) is 9.47 Å². The van der Waals surface area contributed by atoms with Crippen molar-refractivity contribution in [2.24, 2.45) is 0 Å². The molecule has 2 aromatic carbocycles. The van der Waals surface area contributed by atoms with Gasteiger partial charge in [-0.05, 0) is 11.1 Å². The lowest BCUT2D eigenvalue weighted by atomic mass is 9.93. The number of methoxy groups -OCH3 is 1. The van der Waals surface area contributed by atoms with Crippen LogP contribution in [0.15, 0.2) is 72.0 Å². The van der Waals surface area contributed by atoms with Crippen LogP contribution in [0.1, 0.15) is 29.8 Å². The summed E-state index contributed by atoms with van der Waals surface area (Å²) in [6, 6.07) is 19.0. The molecule has 0 spiro atoms. The van der Waals surface area contributed by atoms with Gasteiger partial charge in [-0.1, -0.05) is 60.7 Å². The number of rotatable bonds is 3. The summed E-state index contributed by atoms with van der Waals surface area (Å²) in [6.45, 7) is 0. The summed E-state index contributed by atoms with van der Waals surface area (Å²) in [4.78, 5) is 12.1. The monoisotopic (exact) mass is 310 g/mol. The molecule has 0 aromatic heterocycles. The highest BCUT2D eigenvalue weighted by atomic mass is 16.5. The number of aliphatic hydroxyl groups excluding tert-OH is 1. The SMILES string of the molecule is COC(=O)C1=C(O)C[C@H](c2ccccc2)O[C@@H]1c1ccccc1. The standard InChI is InChI=1S/C19H18O4/c1-22-19(21)17-15(20)12-16(13-8-4-2-5-9-13)23-18(17)14-10-6-3-7-11-14/h2-11,16,18,20H,12H2,1H3/t16-,18-/m1/s1. The van der Waals surface area contributed by atoms with Gasteiger partial charge >= 0.3 is 5.97 Å². The minimum atomic E-state index is -0.650. The van der Waals surface area contributed by atoms with Crippen molar-refractivity contribution in [2.75, 3.05) is 7.11 Å². The molecule has 23 heavy (non-hydrogen) atoms. The van der Waals surface area contributed by atoms with Crippen molar-refractivity contribution >= 4 is 5.97 Å². The fourth-order valence-corrected chi connectivity index (χ4v) is 2.79. The molecule has 0 saturated carbocycles. The van der Waals surface area contributed by atoms with Gasteiger partial charge in [-0.25, -0.2) is 4.79 Å². The third kappa shape index (κ3) is 3.12. The van der Waals surface area contributed by atoms with Gasteiger partial charge in [0.15, 0.2) is 0 Å². The Morgan fingerprint density at radius 2 is 1.61 bits per heavy atom. The number of hydrogen-bond donors (Lipinski definition) is 1. The molecule has 4 nitrogen and oxygen atoms in total. The average molecular weight is 310 g/mol. The molecule has 2 aromatic rings. The predicted octanol–water partition coefficient (Wildman–Crippen LogP) is 3.87. The molecule has 1 heterocycles. The molecule has 0 unspecified atom stereocenters. The highest BCUT2D eigenvalue weighted by Gasteiger charge is 2.36. The van der Waals surface area contributed by atoms with Crippen LogP contribution in [0.4, 0.5) is 0 Å². The Morgan fingerprint density at radius 1 is 1.04 bits per heavy atom. The second kappa shape index (κ2) is 6.67. The van der Waals surface area contributed by atoms with E-state index in [-0.39, 0.29) is 23.9 Å². The smallest absolute Gasteiger partial charge is 0.340 e. The quantitative estimate of drug-likeness (QED) is 0.874. The van der Waals surface area contributed by atoms with Gasteiger partial charge in [0.2, 0.25) is 0 Å². The summed E-state index contributed by atoms with van der Waals surface area (Å²) >= 11 is 0. The number of carbonyl (C=O) groups excluding carboxylic acids is 1. The van der Waals surface area contributed by atoms with Crippen LogP contribution in [0, 0.1) is 0 Å². The van der Waals surface area contributed by atoms with Gasteiger partial charge in [-0.15, -0.1) is 0 Å². The maximum absolute atomic E-state index is 12.1. The first-order valence-electron chi connectivity index (χ1n) is 7.46. The molecule has 0 radical (unpaired) electrons. The first-order chi connectivity index (χ1) is 11.2. The maximum atomic E-state index is 12.1. The first-order valence-corrected chi connectivity index (χ1v) is 7.46. The van der Waals surface area contributed by atoms with Gasteiger partial charge < -0.3 is 14.6 Å². The van der Waals surface area contributed by atoms with Crippen LogP contribution in [0.25, 0.3) is 0 Å². The van der Waals surface area contributed by atoms with Gasteiger partial charge in [0.1, 0.15) is 17.4 Å². The van der Waals surface area contributed by atoms with Crippen molar-refractivity contribution in [1.29, 1.82) is 0 Å². The van der Waals surface area contributed by atoms with Crippen LogP contribution in [0.3, 0.4) is 0 Å². The van der Waals surface area contributed by atoms with Crippen LogP contribution in [-0.2, 0) is 14.3 Å². The highest BCUT2D eigenvalue weighted by Crippen LogP contribution is 2.41. The third-order valence-electron chi connectivity index (χ3n) is 3.93. The van der Waals surface area contributed by atoms with Gasteiger partial charge in [0, 0.05) is 6.42 Å². The van der Waals surface area contributed by atoms with Crippen LogP contribution < -0.4 is 0 Å². The zero-order valence-electron chi connectivity index (χ0n) is 12.8. The highest BCUT2D eigenvalue weighted by molar-refractivity contribution is 5.90. The van der Waals surface area contributed by atoms with Crippen molar-refractivity contribution < 1.29 is 19.4 Å². The van der Waals surface area contributed by atoms with Crippen LogP contribution in [0.5, 0.6) is 0 Å². The van der Waals surface area contributed by atoms with Crippen molar-refractivity contribution in [3.63, 3.8) is 0 Å². The Hall–Kier alpha value is -2.59. The lowest BCUT2D eigenvalue weighted by Crippen LogP contribution is -2.25. The zero-order chi connectivity index (χ0) is 16.2. The number of aliphatic hydroxyl groups is 1. The minimum Gasteiger partial charge on any atom is -0.512 e. The van der Waals surface area contributed by atoms with E-state index in [0.717, 1.165) is 11.1 Å². The van der Waals surface area contributed by atoms with Gasteiger partial charge in [0.05, 0.1) is 13.2 Å². The summed E-state index contributed by atoms with van der Waals surface area (Å²) < 4.78 is 11.0. The van der Waals surface area contributed by atoms with Crippen molar-refractivity contribution in [2.45, 2.75) is 18.6 Å². The first kappa shape index (κ1) is 15.3. The Labute approximate surface area is 135 Å². The lowest BCUT2D eigenvalue weighted by Gasteiger charge is -2.31. The fourth-order valence-electron chi connectivity index (χ4n) is 2.79. The molecule has 4 heteroatoms. The number of esters is 1. The molecular formula is C19H18O4. The predicted molar refractivity (Wildman–Crippen MR) is 85.7 cm³/mol. The Kier molecular flexibility index (Phi) is 4.44. The minimum absolute atomic E-state index is 0.0193. The van der Waals surface area contributed by atoms with Crippen molar-refractivity contribution in [1.82, 2.24) is 0 Å². The van der Waals surface area contributed by atoms with E-state index >= 15 is 0 Å². The Bertz CT molecular complexity index is 707. The summed E-state index contributed by atoms with van der Waals surface area (Å²) in [5.41, 5.74) is 1.94. The van der Waals surface area contributed by atoms with Crippen LogP contribution in [-0.4, -0.2) is 18.2 Å². The average Bonchev–Trinajstić information content (AvgIpc) is 2.62. The number of hydrogen-bond acceptors (Lipinski definition) is 4. The van der Waals surface area contributed by atoms with Crippen LogP contribution >= 0.6 is 0 Å². The molecule has 3 rings (SSSR count). The van der Waals surface area contributed by atoms with Crippen LogP contribution in [0.2, 0.25) is 0 Å². The Balaban J connectivity index is 2.02. The van der Waals surface area contributed by atoms with E-state index in [9.17, 15) is 9.90 Å². The fraction of sp³-hybridized carbons (Fsp3) is 0.211. The summed E-state index contributed by atoms with van der Waals surface area (Å²) in [5.74, 6) is -0.548. The second-order valence-corrected chi connectivity index (χ2v) is 5.38. The van der Waals surface area contributed by atoms with E-state index in [1.54, 1.807) is 0 Å². The molecule has 0 bridgehead atoms. The van der Waals surface area contributed by atoms with Gasteiger partial charge in [-0.2, -0.15) is 0 Å². The Morgan fingerprint density at radius 3 is 2.17 bits per heavy atom. The number of ether oxygens (including phenoxy) is 2. The number of carbonyl (C=O) groups is 1. The normalized spacial score (nSPS) is 21.1. The second-order valence-electron chi connectivity index (χ2n) is 5.38. The summed E-state index contributed by atoms with van der Waals surface area (Å²) in [6.07, 6.45) is -0.713. The molecule has 2 atom stereocenters. The molecular weight excluding hydrogens is 292 g/mol. The molecule has 1 aliphatic heterocycles. The van der Waals surface area contributed by atoms with Crippen molar-refractivity contribution in [3.8, 4) is 0 Å². The molecule has 0 fully saturated rings. The largest absolute Gasteiger partial charge is 0.512 e. The van der Waals surface area contributed by atoms with Crippen molar-refractivity contribution in [3.05, 3.63) is 83.1 Å². The summed E-state index contributed by atoms with van der Waals surface area (Å²) in [7, 11) is 1.30. The van der Waals surface area contributed by atoms with E-state index in [1.165, 1.54) is 7.11 Å².